The molecular formula is C62H68Si. The lowest BCUT2D eigenvalue weighted by molar-refractivity contribution is 0.181. The molecule has 0 heterocycles. The lowest BCUT2D eigenvalue weighted by Gasteiger charge is -2.53. The quantitative estimate of drug-likeness (QED) is 0.147. The monoisotopic (exact) mass is 841 g/mol. The van der Waals surface area contributed by atoms with Crippen molar-refractivity contribution in [2.24, 2.45) is 47.3 Å². The molecule has 6 aliphatic carbocycles. The average Bonchev–Trinajstić information content (AvgIpc) is 3.88. The van der Waals surface area contributed by atoms with Crippen molar-refractivity contribution in [3.05, 3.63) is 165 Å². The van der Waals surface area contributed by atoms with Crippen molar-refractivity contribution in [2.45, 2.75) is 114 Å². The predicted octanol–water partition coefficient (Wildman–Crippen LogP) is 13.5. The summed E-state index contributed by atoms with van der Waals surface area (Å²) in [6.07, 6.45) is 18.1. The number of fused-ring (bicyclic) bond motifs is 6. The van der Waals surface area contributed by atoms with Gasteiger partial charge in [0.1, 0.15) is 0 Å². The molecule has 0 spiro atoms. The molecule has 1 heteroatoms. The van der Waals surface area contributed by atoms with Crippen molar-refractivity contribution in [3.8, 4) is 0 Å². The van der Waals surface area contributed by atoms with Crippen molar-refractivity contribution >= 4 is 52.9 Å². The van der Waals surface area contributed by atoms with Crippen LogP contribution < -0.4 is 20.9 Å². The predicted molar refractivity (Wildman–Crippen MR) is 271 cm³/mol. The Morgan fingerprint density at radius 1 is 0.429 bits per heavy atom. The Labute approximate surface area is 378 Å². The van der Waals surface area contributed by atoms with Gasteiger partial charge in [-0.15, -0.1) is 0 Å². The van der Waals surface area contributed by atoms with Crippen LogP contribution in [0.4, 0.5) is 0 Å². The van der Waals surface area contributed by atoms with E-state index in [0.717, 1.165) is 46.6 Å². The Morgan fingerprint density at radius 2 is 0.825 bits per heavy atom. The van der Waals surface area contributed by atoms with Crippen molar-refractivity contribution < 1.29 is 0 Å². The first kappa shape index (κ1) is 40.1. The van der Waals surface area contributed by atoms with Crippen molar-refractivity contribution in [1.82, 2.24) is 0 Å². The summed E-state index contributed by atoms with van der Waals surface area (Å²) < 4.78 is 0. The second-order valence-corrected chi connectivity index (χ2v) is 27.2. The molecule has 6 aromatic carbocycles. The minimum Gasteiger partial charge on any atom is -0.0763 e. The average molecular weight is 841 g/mol. The van der Waals surface area contributed by atoms with Gasteiger partial charge in [0.2, 0.25) is 0 Å². The SMILES string of the molecule is CC1CC2C(C3=c4ccccc4=CCC3)CCC(c3cccc4ccccc34)C2C1[Si](C)(C)C1C(C)CC2C(C3=c4ccccc4=CCC3)CCC(c3cccc4ccccc34)C21. The maximum atomic E-state index is 2.98. The topological polar surface area (TPSA) is 0 Å². The highest BCUT2D eigenvalue weighted by atomic mass is 28.3. The second-order valence-electron chi connectivity index (χ2n) is 22.2. The third kappa shape index (κ3) is 6.48. The van der Waals surface area contributed by atoms with E-state index < -0.39 is 8.07 Å². The lowest BCUT2D eigenvalue weighted by atomic mass is 9.62. The van der Waals surface area contributed by atoms with Crippen LogP contribution in [0.5, 0.6) is 0 Å². The van der Waals surface area contributed by atoms with Gasteiger partial charge in [-0.1, -0.05) is 184 Å². The molecule has 0 saturated heterocycles. The fraction of sp³-hybridized carbons (Fsp3) is 0.419. The summed E-state index contributed by atoms with van der Waals surface area (Å²) in [5.74, 6) is 7.11. The molecule has 63 heavy (non-hydrogen) atoms. The smallest absolute Gasteiger partial charge is 0.0547 e. The summed E-state index contributed by atoms with van der Waals surface area (Å²) in [4.78, 5) is 0. The standard InChI is InChI=1S/C62H68Si/c1-39-37-57-53(49-29-13-21-41-17-5-9-25-45(41)49)33-35-55(51-31-15-23-43-19-7-11-27-47(43)51)59(57)61(39)63(3,4)62-40(2)38-58-54(50-30-14-22-42-18-6-10-26-46(42)50)34-36-56(60(58)62)52-32-16-24-44-20-8-12-28-48(44)52/h5-12,15-28,31-32,39-40,53-62H,13-14,29-30,33-38H2,1-4H3. The number of hydrogen-bond acceptors (Lipinski definition) is 0. The molecule has 4 saturated carbocycles. The zero-order chi connectivity index (χ0) is 42.4. The molecule has 6 aromatic rings. The summed E-state index contributed by atoms with van der Waals surface area (Å²) in [5, 5.41) is 12.1. The van der Waals surface area contributed by atoms with Crippen LogP contribution in [0.3, 0.4) is 0 Å². The first-order valence-corrected chi connectivity index (χ1v) is 28.5. The van der Waals surface area contributed by atoms with E-state index in [-0.39, 0.29) is 0 Å². The van der Waals surface area contributed by atoms with E-state index in [0.29, 0.717) is 23.7 Å². The molecule has 12 unspecified atom stereocenters. The molecule has 12 atom stereocenters. The van der Waals surface area contributed by atoms with Gasteiger partial charge in [-0.2, -0.15) is 0 Å². The van der Waals surface area contributed by atoms with Gasteiger partial charge >= 0.3 is 0 Å². The van der Waals surface area contributed by atoms with Gasteiger partial charge < -0.3 is 0 Å². The molecule has 4 fully saturated rings. The Kier molecular flexibility index (Phi) is 10.1. The summed E-state index contributed by atoms with van der Waals surface area (Å²) in [6.45, 7) is 11.5. The van der Waals surface area contributed by atoms with E-state index in [1.807, 2.05) is 11.1 Å². The molecule has 0 radical (unpaired) electrons. The highest BCUT2D eigenvalue weighted by Crippen LogP contribution is 2.70. The molecule has 0 N–H and O–H groups in total. The van der Waals surface area contributed by atoms with Crippen LogP contribution in [0.25, 0.3) is 44.8 Å². The van der Waals surface area contributed by atoms with Gasteiger partial charge in [-0.25, -0.2) is 0 Å². The van der Waals surface area contributed by atoms with Crippen LogP contribution in [0.1, 0.15) is 101 Å². The number of rotatable bonds is 6. The molecule has 0 nitrogen and oxygen atoms in total. The molecule has 0 amide bonds. The van der Waals surface area contributed by atoms with Crippen LogP contribution in [0.2, 0.25) is 24.2 Å². The van der Waals surface area contributed by atoms with E-state index in [1.54, 1.807) is 21.6 Å². The van der Waals surface area contributed by atoms with Crippen LogP contribution in [0, 0.1) is 47.3 Å². The third-order valence-electron chi connectivity index (χ3n) is 19.1. The Bertz CT molecular complexity index is 2760. The minimum absolute atomic E-state index is 0.621. The molecule has 0 aromatic heterocycles. The fourth-order valence-electron chi connectivity index (χ4n) is 17.4. The number of hydrogen-bond donors (Lipinski definition) is 0. The largest absolute Gasteiger partial charge is 0.0763 e. The fourth-order valence-corrected chi connectivity index (χ4v) is 24.0. The Hall–Kier alpha value is -4.46. The van der Waals surface area contributed by atoms with Gasteiger partial charge in [0, 0.05) is 0 Å². The number of benzene rings is 6. The van der Waals surface area contributed by atoms with E-state index in [4.69, 9.17) is 0 Å². The van der Waals surface area contributed by atoms with Crippen LogP contribution in [-0.4, -0.2) is 8.07 Å². The summed E-state index contributed by atoms with van der Waals surface area (Å²) in [5.41, 5.74) is 8.57. The highest BCUT2D eigenvalue weighted by molar-refractivity contribution is 6.80. The van der Waals surface area contributed by atoms with E-state index in [9.17, 15) is 0 Å². The van der Waals surface area contributed by atoms with Gasteiger partial charge in [0.25, 0.3) is 0 Å². The van der Waals surface area contributed by atoms with Crippen molar-refractivity contribution in [2.75, 3.05) is 0 Å². The second kappa shape index (κ2) is 15.9. The summed E-state index contributed by atoms with van der Waals surface area (Å²) >= 11 is 0. The first-order valence-electron chi connectivity index (χ1n) is 25.4. The summed E-state index contributed by atoms with van der Waals surface area (Å²) in [6, 6.07) is 52.4. The van der Waals surface area contributed by atoms with Crippen molar-refractivity contribution in [1.29, 1.82) is 0 Å². The zero-order valence-corrected chi connectivity index (χ0v) is 39.4. The minimum atomic E-state index is -2.00. The van der Waals surface area contributed by atoms with Crippen LogP contribution in [0.15, 0.2) is 133 Å². The van der Waals surface area contributed by atoms with Gasteiger partial charge in [0.15, 0.2) is 0 Å². The highest BCUT2D eigenvalue weighted by Gasteiger charge is 2.63. The van der Waals surface area contributed by atoms with Gasteiger partial charge in [-0.05, 0) is 188 Å². The third-order valence-corrected chi connectivity index (χ3v) is 24.4. The maximum absolute atomic E-state index is 2.98. The van der Waals surface area contributed by atoms with Crippen LogP contribution in [-0.2, 0) is 0 Å². The molecule has 12 rings (SSSR count). The van der Waals surface area contributed by atoms with E-state index in [2.05, 4.69) is 173 Å². The zero-order valence-electron chi connectivity index (χ0n) is 38.4. The molecule has 0 aliphatic heterocycles. The molecule has 6 aliphatic rings. The molecular weight excluding hydrogens is 773 g/mol. The van der Waals surface area contributed by atoms with Gasteiger partial charge in [-0.3, -0.25) is 0 Å². The van der Waals surface area contributed by atoms with Crippen LogP contribution >= 0.6 is 0 Å². The molecule has 320 valence electrons. The molecule has 0 bridgehead atoms. The normalized spacial score (nSPS) is 32.6. The Morgan fingerprint density at radius 3 is 1.30 bits per heavy atom. The van der Waals surface area contributed by atoms with E-state index in [1.165, 1.54) is 96.2 Å². The maximum Gasteiger partial charge on any atom is 0.0547 e. The van der Waals surface area contributed by atoms with E-state index >= 15 is 0 Å². The lowest BCUT2D eigenvalue weighted by Crippen LogP contribution is -2.50. The first-order chi connectivity index (χ1) is 30.9. The van der Waals surface area contributed by atoms with Gasteiger partial charge in [0.05, 0.1) is 8.07 Å². The Balaban J connectivity index is 1.02. The van der Waals surface area contributed by atoms with Crippen molar-refractivity contribution in [3.63, 3.8) is 0 Å². The summed E-state index contributed by atoms with van der Waals surface area (Å²) in [7, 11) is -2.00.